The summed E-state index contributed by atoms with van der Waals surface area (Å²) in [6.07, 6.45) is 9.95. The van der Waals surface area contributed by atoms with Crippen LogP contribution in [0.25, 0.3) is 11.3 Å². The van der Waals surface area contributed by atoms with Crippen LogP contribution >= 0.6 is 0 Å². The molecule has 2 heterocycles. The van der Waals surface area contributed by atoms with Crippen molar-refractivity contribution < 1.29 is 9.30 Å². The summed E-state index contributed by atoms with van der Waals surface area (Å²) >= 11 is 0. The van der Waals surface area contributed by atoms with Crippen molar-refractivity contribution >= 4 is 13.3 Å². The lowest BCUT2D eigenvalue weighted by atomic mass is 9.77. The number of fused-ring (bicyclic) bond motifs is 3. The van der Waals surface area contributed by atoms with Crippen molar-refractivity contribution in [1.82, 2.24) is 10.2 Å². The maximum atomic E-state index is 5.53. The van der Waals surface area contributed by atoms with Gasteiger partial charge in [0.05, 0.1) is 25.4 Å². The van der Waals surface area contributed by atoms with Crippen LogP contribution in [0.3, 0.4) is 0 Å². The molecule has 4 nitrogen and oxygen atoms in total. The average molecular weight is 587 g/mol. The molecule has 0 spiro atoms. The van der Waals surface area contributed by atoms with Crippen LogP contribution in [0.15, 0.2) is 85.9 Å². The third-order valence-corrected chi connectivity index (χ3v) is 10.2. The van der Waals surface area contributed by atoms with E-state index in [9.17, 15) is 0 Å². The van der Waals surface area contributed by atoms with Crippen LogP contribution in [0.1, 0.15) is 77.5 Å². The van der Waals surface area contributed by atoms with Gasteiger partial charge < -0.3 is 15.0 Å². The van der Waals surface area contributed by atoms with Crippen molar-refractivity contribution in [2.75, 3.05) is 13.6 Å². The number of rotatable bonds is 13. The summed E-state index contributed by atoms with van der Waals surface area (Å²) in [5, 5.41) is 4.90. The van der Waals surface area contributed by atoms with Crippen LogP contribution in [0.2, 0.25) is 19.6 Å². The number of likely N-dealkylation sites (N-methyl/N-ethyl adjacent to an activating group) is 1. The van der Waals surface area contributed by atoms with Gasteiger partial charge in [0.25, 0.3) is 0 Å². The van der Waals surface area contributed by atoms with E-state index in [1.807, 2.05) is 6.92 Å². The molecule has 2 aromatic rings. The first kappa shape index (κ1) is 33.4. The molecule has 3 unspecified atom stereocenters. The minimum atomic E-state index is -1.64. The van der Waals surface area contributed by atoms with Gasteiger partial charge in [0.2, 0.25) is 11.7 Å². The number of benzene rings is 1. The zero-order valence-electron chi connectivity index (χ0n) is 28.1. The lowest BCUT2D eigenvalue weighted by Crippen LogP contribution is -2.55. The van der Waals surface area contributed by atoms with E-state index in [1.54, 1.807) is 5.19 Å². The smallest absolute Gasteiger partial charge is 0.213 e. The van der Waals surface area contributed by atoms with Crippen molar-refractivity contribution in [3.8, 4) is 11.3 Å². The minimum Gasteiger partial charge on any atom is -0.447 e. The Morgan fingerprint density at radius 3 is 2.43 bits per heavy atom. The second kappa shape index (κ2) is 13.5. The fourth-order valence-electron chi connectivity index (χ4n) is 6.20. The number of ether oxygens (including phenoxy) is 1. The predicted octanol–water partition coefficient (Wildman–Crippen LogP) is 8.42. The molecule has 0 aliphatic carbocycles. The van der Waals surface area contributed by atoms with Gasteiger partial charge in [0, 0.05) is 30.4 Å². The van der Waals surface area contributed by atoms with Gasteiger partial charge in [0.1, 0.15) is 0 Å². The average Bonchev–Trinajstić information content (AvgIpc) is 2.88. The van der Waals surface area contributed by atoms with E-state index in [-0.39, 0.29) is 11.5 Å². The van der Waals surface area contributed by atoms with E-state index in [0.717, 1.165) is 31.5 Å². The van der Waals surface area contributed by atoms with Gasteiger partial charge in [-0.15, -0.1) is 0 Å². The van der Waals surface area contributed by atoms with E-state index >= 15 is 0 Å². The van der Waals surface area contributed by atoms with E-state index in [2.05, 4.69) is 138 Å². The normalized spacial score (nSPS) is 17.3. The Morgan fingerprint density at radius 1 is 1.17 bits per heavy atom. The Labute approximate surface area is 257 Å². The van der Waals surface area contributed by atoms with Gasteiger partial charge >= 0.3 is 0 Å². The van der Waals surface area contributed by atoms with Crippen molar-refractivity contribution in [3.05, 3.63) is 97.0 Å². The van der Waals surface area contributed by atoms with Crippen LogP contribution in [-0.2, 0) is 11.2 Å². The van der Waals surface area contributed by atoms with Gasteiger partial charge in [-0.05, 0) is 74.4 Å². The summed E-state index contributed by atoms with van der Waals surface area (Å²) in [5.41, 5.74) is 6.93. The summed E-state index contributed by atoms with van der Waals surface area (Å²) in [7, 11) is 0.493. The number of nitrogens with one attached hydrogen (secondary N) is 1. The third kappa shape index (κ3) is 8.28. The molecule has 0 radical (unpaired) electrons. The molecule has 0 saturated carbocycles. The minimum absolute atomic E-state index is 0.122. The molecule has 0 bridgehead atoms. The SMILES string of the molecule is C=C(C)OC(=C)NCC(C)CCC1c2ccccc2-c2cc(CC(C)(C)C)c([Si](C)(C)C)c[n+]2C1C(=C)N(C)/C=C\C. The molecule has 0 saturated heterocycles. The lowest BCUT2D eigenvalue weighted by Gasteiger charge is -2.36. The number of aromatic nitrogens is 1. The highest BCUT2D eigenvalue weighted by Crippen LogP contribution is 2.44. The molecule has 1 aromatic carbocycles. The fraction of sp³-hybridized carbons (Fsp3) is 0.486. The van der Waals surface area contributed by atoms with Crippen LogP contribution in [0.5, 0.6) is 0 Å². The lowest BCUT2D eigenvalue weighted by molar-refractivity contribution is -0.710. The summed E-state index contributed by atoms with van der Waals surface area (Å²) in [4.78, 5) is 2.21. The molecule has 0 amide bonds. The zero-order valence-corrected chi connectivity index (χ0v) is 29.1. The molecule has 1 aliphatic heterocycles. The first-order chi connectivity index (χ1) is 19.5. The van der Waals surface area contributed by atoms with Gasteiger partial charge in [0.15, 0.2) is 12.1 Å². The summed E-state index contributed by atoms with van der Waals surface area (Å²) in [6.45, 7) is 34.0. The maximum absolute atomic E-state index is 5.53. The first-order valence-corrected chi connectivity index (χ1v) is 19.0. The molecule has 1 N–H and O–H groups in total. The topological polar surface area (TPSA) is 28.4 Å². The highest BCUT2D eigenvalue weighted by molar-refractivity contribution is 6.89. The number of nitrogens with zero attached hydrogens (tertiary/aromatic N) is 2. The quantitative estimate of drug-likeness (QED) is 0.145. The number of hydrogen-bond donors (Lipinski definition) is 1. The molecule has 3 atom stereocenters. The second-order valence-electron chi connectivity index (χ2n) is 14.5. The van der Waals surface area contributed by atoms with Crippen LogP contribution < -0.4 is 15.1 Å². The molecule has 1 aliphatic rings. The molecular weight excluding hydrogens is 531 g/mol. The fourth-order valence-corrected chi connectivity index (χ4v) is 7.85. The molecular formula is C37H56N3OSi+. The highest BCUT2D eigenvalue weighted by atomic mass is 28.3. The zero-order chi connectivity index (χ0) is 31.4. The third-order valence-electron chi connectivity index (χ3n) is 8.13. The van der Waals surface area contributed by atoms with Crippen molar-refractivity contribution in [2.45, 2.75) is 92.4 Å². The molecule has 42 heavy (non-hydrogen) atoms. The Morgan fingerprint density at radius 2 is 1.83 bits per heavy atom. The molecule has 5 heteroatoms. The maximum Gasteiger partial charge on any atom is 0.213 e. The van der Waals surface area contributed by atoms with E-state index in [1.165, 1.54) is 22.4 Å². The second-order valence-corrected chi connectivity index (χ2v) is 19.5. The largest absolute Gasteiger partial charge is 0.447 e. The Bertz CT molecular complexity index is 1330. The molecule has 0 fully saturated rings. The van der Waals surface area contributed by atoms with E-state index in [0.29, 0.717) is 23.5 Å². The summed E-state index contributed by atoms with van der Waals surface area (Å²) < 4.78 is 8.12. The van der Waals surface area contributed by atoms with Gasteiger partial charge in [-0.2, -0.15) is 4.57 Å². The van der Waals surface area contributed by atoms with E-state index < -0.39 is 8.07 Å². The molecule has 3 rings (SSSR count). The van der Waals surface area contributed by atoms with Crippen molar-refractivity contribution in [1.29, 1.82) is 0 Å². The number of hydrogen-bond acceptors (Lipinski definition) is 3. The van der Waals surface area contributed by atoms with Gasteiger partial charge in [-0.25, -0.2) is 0 Å². The Balaban J connectivity index is 2.12. The monoisotopic (exact) mass is 586 g/mol. The van der Waals surface area contributed by atoms with Gasteiger partial charge in [-0.1, -0.05) is 84.8 Å². The van der Waals surface area contributed by atoms with Crippen molar-refractivity contribution in [3.63, 3.8) is 0 Å². The predicted molar refractivity (Wildman–Crippen MR) is 183 cm³/mol. The molecule has 1 aromatic heterocycles. The van der Waals surface area contributed by atoms with Crippen molar-refractivity contribution in [2.24, 2.45) is 11.3 Å². The van der Waals surface area contributed by atoms with Crippen LogP contribution in [0, 0.1) is 11.3 Å². The summed E-state index contributed by atoms with van der Waals surface area (Å²) in [5.74, 6) is 1.96. The van der Waals surface area contributed by atoms with Crippen LogP contribution in [0.4, 0.5) is 0 Å². The van der Waals surface area contributed by atoms with Crippen LogP contribution in [-0.4, -0.2) is 26.6 Å². The highest BCUT2D eigenvalue weighted by Gasteiger charge is 2.44. The first-order valence-electron chi connectivity index (χ1n) is 15.5. The standard InChI is InChI=1S/C37H56N3OSi/c1-14-21-39(10)28(5)36-33(20-19-27(4)24-38-29(6)41-26(2)3)31-17-15-16-18-32(31)34-22-30(23-37(7,8)9)35(25-40(34)36)42(11,12)13/h14-18,21-22,25,27,33,36,38H,2,5-6,19-20,23-24H2,1,3-4,7-13H3/q+1/b21-14-. The molecule has 228 valence electrons. The Hall–Kier alpha value is -3.05. The number of pyridine rings is 1. The summed E-state index contributed by atoms with van der Waals surface area (Å²) in [6, 6.07) is 11.7. The number of allylic oxidation sites excluding steroid dienone is 3. The van der Waals surface area contributed by atoms with E-state index in [4.69, 9.17) is 11.3 Å². The Kier molecular flexibility index (Phi) is 10.8. The van der Waals surface area contributed by atoms with Gasteiger partial charge in [-0.3, -0.25) is 0 Å².